The molecule has 1 aliphatic rings. The quantitative estimate of drug-likeness (QED) is 0.831. The van der Waals surface area contributed by atoms with Crippen LogP contribution in [0.2, 0.25) is 0 Å². The molecule has 0 spiro atoms. The van der Waals surface area contributed by atoms with Gasteiger partial charge in [-0.15, -0.1) is 0 Å². The van der Waals surface area contributed by atoms with E-state index in [1.165, 1.54) is 57.4 Å². The Morgan fingerprint density at radius 3 is 2.79 bits per heavy atom. The molecule has 1 aliphatic heterocycles. The fourth-order valence-corrected chi connectivity index (χ4v) is 3.06. The summed E-state index contributed by atoms with van der Waals surface area (Å²) < 4.78 is 0. The van der Waals surface area contributed by atoms with Gasteiger partial charge in [-0.1, -0.05) is 38.0 Å². The Balaban J connectivity index is 1.66. The molecule has 0 saturated carbocycles. The van der Waals surface area contributed by atoms with Crippen LogP contribution in [0, 0.1) is 5.92 Å². The lowest BCUT2D eigenvalue weighted by atomic mass is 9.96. The van der Waals surface area contributed by atoms with E-state index in [2.05, 4.69) is 47.5 Å². The van der Waals surface area contributed by atoms with Crippen molar-refractivity contribution >= 4 is 5.69 Å². The lowest BCUT2D eigenvalue weighted by Gasteiger charge is -2.20. The second-order valence-electron chi connectivity index (χ2n) is 5.72. The minimum atomic E-state index is 0.983. The van der Waals surface area contributed by atoms with Gasteiger partial charge in [-0.2, -0.15) is 0 Å². The third kappa shape index (κ3) is 5.23. The maximum atomic E-state index is 3.51. The number of hydrogen-bond acceptors (Lipinski definition) is 2. The Morgan fingerprint density at radius 1 is 1.16 bits per heavy atom. The zero-order chi connectivity index (χ0) is 13.3. The Labute approximate surface area is 118 Å². The van der Waals surface area contributed by atoms with Gasteiger partial charge in [0.05, 0.1) is 0 Å². The topological polar surface area (TPSA) is 15.3 Å². The number of nitrogens with one attached hydrogen (secondary N) is 1. The molecule has 0 bridgehead atoms. The van der Waals surface area contributed by atoms with E-state index < -0.39 is 0 Å². The molecule has 0 aliphatic carbocycles. The summed E-state index contributed by atoms with van der Waals surface area (Å²) in [4.78, 5) is 2.63. The summed E-state index contributed by atoms with van der Waals surface area (Å²) in [6.45, 7) is 7.13. The number of para-hydroxylation sites is 1. The van der Waals surface area contributed by atoms with Gasteiger partial charge in [0.15, 0.2) is 0 Å². The minimum absolute atomic E-state index is 0.983. The first-order valence-corrected chi connectivity index (χ1v) is 7.89. The Bertz CT molecular complexity index is 336. The molecule has 1 fully saturated rings. The number of nitrogens with zero attached hydrogens (tertiary/aromatic N) is 1. The molecular weight excluding hydrogens is 232 g/mol. The summed E-state index contributed by atoms with van der Waals surface area (Å²) in [5.41, 5.74) is 1.24. The molecule has 1 heterocycles. The monoisotopic (exact) mass is 260 g/mol. The highest BCUT2D eigenvalue weighted by Gasteiger charge is 2.15. The zero-order valence-electron chi connectivity index (χ0n) is 12.3. The van der Waals surface area contributed by atoms with E-state index >= 15 is 0 Å². The van der Waals surface area contributed by atoms with Crippen molar-refractivity contribution in [3.8, 4) is 0 Å². The van der Waals surface area contributed by atoms with Gasteiger partial charge in [0.1, 0.15) is 0 Å². The summed E-state index contributed by atoms with van der Waals surface area (Å²) >= 11 is 0. The molecule has 19 heavy (non-hydrogen) atoms. The van der Waals surface area contributed by atoms with E-state index in [1.807, 2.05) is 0 Å². The molecular formula is C17H28N2. The third-order valence-corrected chi connectivity index (χ3v) is 4.17. The predicted octanol–water partition coefficient (Wildman–Crippen LogP) is 4.00. The van der Waals surface area contributed by atoms with Crippen molar-refractivity contribution < 1.29 is 0 Å². The molecule has 106 valence electrons. The van der Waals surface area contributed by atoms with Gasteiger partial charge in [0.25, 0.3) is 0 Å². The largest absolute Gasteiger partial charge is 0.384 e. The van der Waals surface area contributed by atoms with Crippen molar-refractivity contribution in [2.24, 2.45) is 5.92 Å². The van der Waals surface area contributed by atoms with Crippen LogP contribution in [0.4, 0.5) is 5.69 Å². The molecule has 2 nitrogen and oxygen atoms in total. The Morgan fingerprint density at radius 2 is 2.00 bits per heavy atom. The summed E-state index contributed by atoms with van der Waals surface area (Å²) in [6, 6.07) is 10.5. The van der Waals surface area contributed by atoms with E-state index in [9.17, 15) is 0 Å². The van der Waals surface area contributed by atoms with Gasteiger partial charge in [-0.05, 0) is 50.4 Å². The lowest BCUT2D eigenvalue weighted by molar-refractivity contribution is 0.289. The van der Waals surface area contributed by atoms with E-state index in [4.69, 9.17) is 0 Å². The summed E-state index contributed by atoms with van der Waals surface area (Å²) in [6.07, 6.45) is 7.00. The standard InChI is InChI=1S/C17H28N2/c1-2-7-16-8-6-13-19(14-11-16)15-12-18-17-9-4-3-5-10-17/h3-5,9-10,16,18H,2,6-8,11-15H2,1H3. The van der Waals surface area contributed by atoms with Crippen LogP contribution in [-0.2, 0) is 0 Å². The van der Waals surface area contributed by atoms with Crippen LogP contribution in [-0.4, -0.2) is 31.1 Å². The van der Waals surface area contributed by atoms with Gasteiger partial charge in [0, 0.05) is 18.8 Å². The summed E-state index contributed by atoms with van der Waals surface area (Å²) in [7, 11) is 0. The van der Waals surface area contributed by atoms with Crippen molar-refractivity contribution in [3.05, 3.63) is 30.3 Å². The van der Waals surface area contributed by atoms with Crippen LogP contribution in [0.3, 0.4) is 0 Å². The molecule has 0 aromatic heterocycles. The van der Waals surface area contributed by atoms with Gasteiger partial charge < -0.3 is 10.2 Å². The molecule has 0 radical (unpaired) electrons. The van der Waals surface area contributed by atoms with E-state index in [-0.39, 0.29) is 0 Å². The maximum Gasteiger partial charge on any atom is 0.0340 e. The second-order valence-corrected chi connectivity index (χ2v) is 5.72. The van der Waals surface area contributed by atoms with Crippen LogP contribution in [0.25, 0.3) is 0 Å². The average molecular weight is 260 g/mol. The van der Waals surface area contributed by atoms with E-state index in [1.54, 1.807) is 0 Å². The molecule has 1 aromatic rings. The molecule has 2 heteroatoms. The first-order chi connectivity index (χ1) is 9.38. The Hall–Kier alpha value is -1.02. The summed E-state index contributed by atoms with van der Waals surface area (Å²) in [5, 5.41) is 3.51. The van der Waals surface area contributed by atoms with Crippen molar-refractivity contribution in [3.63, 3.8) is 0 Å². The molecule has 1 aromatic carbocycles. The smallest absolute Gasteiger partial charge is 0.0340 e. The van der Waals surface area contributed by atoms with Crippen LogP contribution >= 0.6 is 0 Å². The highest BCUT2D eigenvalue weighted by molar-refractivity contribution is 5.42. The fraction of sp³-hybridized carbons (Fsp3) is 0.647. The molecule has 1 unspecified atom stereocenters. The van der Waals surface area contributed by atoms with E-state index in [0.717, 1.165) is 12.5 Å². The number of likely N-dealkylation sites (tertiary alicyclic amines) is 1. The van der Waals surface area contributed by atoms with Crippen LogP contribution < -0.4 is 5.32 Å². The predicted molar refractivity (Wildman–Crippen MR) is 83.6 cm³/mol. The minimum Gasteiger partial charge on any atom is -0.384 e. The van der Waals surface area contributed by atoms with Gasteiger partial charge >= 0.3 is 0 Å². The van der Waals surface area contributed by atoms with Crippen LogP contribution in [0.5, 0.6) is 0 Å². The number of rotatable bonds is 6. The fourth-order valence-electron chi connectivity index (χ4n) is 3.06. The van der Waals surface area contributed by atoms with Gasteiger partial charge in [0.2, 0.25) is 0 Å². The first-order valence-electron chi connectivity index (χ1n) is 7.89. The van der Waals surface area contributed by atoms with Crippen LogP contribution in [0.15, 0.2) is 30.3 Å². The lowest BCUT2D eigenvalue weighted by Crippen LogP contribution is -2.30. The zero-order valence-corrected chi connectivity index (χ0v) is 12.3. The number of anilines is 1. The highest BCUT2D eigenvalue weighted by atomic mass is 15.1. The Kier molecular flexibility index (Phi) is 6.22. The molecule has 1 atom stereocenters. The van der Waals surface area contributed by atoms with Gasteiger partial charge in [-0.25, -0.2) is 0 Å². The van der Waals surface area contributed by atoms with Crippen molar-refractivity contribution in [1.29, 1.82) is 0 Å². The normalized spacial score (nSPS) is 21.0. The first kappa shape index (κ1) is 14.4. The van der Waals surface area contributed by atoms with E-state index in [0.29, 0.717) is 0 Å². The molecule has 1 saturated heterocycles. The highest BCUT2D eigenvalue weighted by Crippen LogP contribution is 2.21. The maximum absolute atomic E-state index is 3.51. The number of hydrogen-bond donors (Lipinski definition) is 1. The van der Waals surface area contributed by atoms with Crippen molar-refractivity contribution in [2.45, 2.75) is 39.0 Å². The second kappa shape index (κ2) is 8.21. The summed E-state index contributed by atoms with van der Waals surface area (Å²) in [5.74, 6) is 0.983. The SMILES string of the molecule is CCCC1CCCN(CCNc2ccccc2)CC1. The van der Waals surface area contributed by atoms with Crippen molar-refractivity contribution in [2.75, 3.05) is 31.5 Å². The number of benzene rings is 1. The van der Waals surface area contributed by atoms with Gasteiger partial charge in [-0.3, -0.25) is 0 Å². The average Bonchev–Trinajstić information content (AvgIpc) is 2.66. The molecule has 0 amide bonds. The third-order valence-electron chi connectivity index (χ3n) is 4.17. The molecule has 1 N–H and O–H groups in total. The molecule has 2 rings (SSSR count). The van der Waals surface area contributed by atoms with Crippen molar-refractivity contribution in [1.82, 2.24) is 4.90 Å². The van der Waals surface area contributed by atoms with Crippen LogP contribution in [0.1, 0.15) is 39.0 Å².